The van der Waals surface area contributed by atoms with Gasteiger partial charge in [-0.1, -0.05) is 36.4 Å². The maximum Gasteiger partial charge on any atom is 0.271 e. The molecule has 0 saturated heterocycles. The van der Waals surface area contributed by atoms with Crippen molar-refractivity contribution >= 4 is 38.6 Å². The smallest absolute Gasteiger partial charge is 0.271 e. The maximum atomic E-state index is 12.8. The van der Waals surface area contributed by atoms with Crippen LogP contribution < -0.4 is 10.1 Å². The van der Waals surface area contributed by atoms with Crippen molar-refractivity contribution in [3.05, 3.63) is 96.1 Å². The predicted molar refractivity (Wildman–Crippen MR) is 126 cm³/mol. The van der Waals surface area contributed by atoms with Crippen molar-refractivity contribution in [1.29, 1.82) is 0 Å². The number of amides is 1. The van der Waals surface area contributed by atoms with Gasteiger partial charge in [-0.15, -0.1) is 0 Å². The number of aromatic hydroxyl groups is 2. The van der Waals surface area contributed by atoms with Crippen molar-refractivity contribution in [3.8, 4) is 11.5 Å². The highest BCUT2D eigenvalue weighted by Crippen LogP contribution is 2.24. The molecule has 0 heterocycles. The standard InChI is InChI=1S/C24H19N3O5S/c28-22-11-8-16(12-23(22)29)15-25-26-24(30)19-6-3-7-20(13-19)27-33(31,32)21-10-9-17-4-1-2-5-18(17)14-21/h1-15,27-29H,(H,26,30)/b25-15+. The molecule has 4 aromatic carbocycles. The molecule has 0 aliphatic heterocycles. The van der Waals surface area contributed by atoms with Gasteiger partial charge in [0.2, 0.25) is 0 Å². The van der Waals surface area contributed by atoms with E-state index in [1.54, 1.807) is 18.2 Å². The number of carbonyl (C=O) groups excluding carboxylic acids is 1. The van der Waals surface area contributed by atoms with E-state index < -0.39 is 15.9 Å². The van der Waals surface area contributed by atoms with Crippen molar-refractivity contribution in [3.63, 3.8) is 0 Å². The summed E-state index contributed by atoms with van der Waals surface area (Å²) in [5, 5.41) is 24.4. The number of hydrazone groups is 1. The molecule has 4 aromatic rings. The van der Waals surface area contributed by atoms with Crippen LogP contribution >= 0.6 is 0 Å². The number of phenols is 2. The van der Waals surface area contributed by atoms with E-state index in [1.165, 1.54) is 48.7 Å². The first-order valence-corrected chi connectivity index (χ1v) is 11.3. The van der Waals surface area contributed by atoms with Crippen molar-refractivity contribution in [1.82, 2.24) is 5.43 Å². The number of nitrogens with zero attached hydrogens (tertiary/aromatic N) is 1. The second-order valence-electron chi connectivity index (χ2n) is 7.14. The molecule has 4 rings (SSSR count). The molecule has 4 N–H and O–H groups in total. The van der Waals surface area contributed by atoms with E-state index >= 15 is 0 Å². The third-order valence-electron chi connectivity index (χ3n) is 4.79. The zero-order valence-corrected chi connectivity index (χ0v) is 18.0. The third-order valence-corrected chi connectivity index (χ3v) is 6.17. The number of sulfonamides is 1. The highest BCUT2D eigenvalue weighted by atomic mass is 32.2. The summed E-state index contributed by atoms with van der Waals surface area (Å²) in [4.78, 5) is 12.5. The van der Waals surface area contributed by atoms with Gasteiger partial charge in [0.1, 0.15) is 0 Å². The van der Waals surface area contributed by atoms with Crippen molar-refractivity contribution < 1.29 is 23.4 Å². The topological polar surface area (TPSA) is 128 Å². The Hall–Kier alpha value is -4.37. The summed E-state index contributed by atoms with van der Waals surface area (Å²) in [6.45, 7) is 0. The van der Waals surface area contributed by atoms with E-state index in [0.717, 1.165) is 10.8 Å². The molecule has 0 unspecified atom stereocenters. The van der Waals surface area contributed by atoms with Crippen LogP contribution in [0.2, 0.25) is 0 Å². The molecule has 0 radical (unpaired) electrons. The fourth-order valence-corrected chi connectivity index (χ4v) is 4.21. The maximum absolute atomic E-state index is 12.8. The summed E-state index contributed by atoms with van der Waals surface area (Å²) in [6, 6.07) is 22.4. The molecule has 0 saturated carbocycles. The highest BCUT2D eigenvalue weighted by Gasteiger charge is 2.16. The van der Waals surface area contributed by atoms with E-state index in [9.17, 15) is 23.4 Å². The van der Waals surface area contributed by atoms with Gasteiger partial charge in [-0.05, 0) is 64.9 Å². The van der Waals surface area contributed by atoms with Crippen LogP contribution in [0.3, 0.4) is 0 Å². The Kier molecular flexibility index (Phi) is 5.97. The first-order chi connectivity index (χ1) is 15.8. The number of fused-ring (bicyclic) bond motifs is 1. The predicted octanol–water partition coefficient (Wildman–Crippen LogP) is 3.82. The summed E-state index contributed by atoms with van der Waals surface area (Å²) in [7, 11) is -3.86. The van der Waals surface area contributed by atoms with Crippen LogP contribution in [0.25, 0.3) is 10.8 Å². The molecule has 8 nitrogen and oxygen atoms in total. The van der Waals surface area contributed by atoms with Crippen molar-refractivity contribution in [2.45, 2.75) is 4.90 Å². The number of phenolic OH excluding ortho intramolecular Hbond substituents is 2. The summed E-state index contributed by atoms with van der Waals surface area (Å²) >= 11 is 0. The van der Waals surface area contributed by atoms with Gasteiger partial charge < -0.3 is 10.2 Å². The van der Waals surface area contributed by atoms with Crippen LogP contribution in [-0.4, -0.2) is 30.8 Å². The molecule has 0 atom stereocenters. The number of hydrogen-bond donors (Lipinski definition) is 4. The summed E-state index contributed by atoms with van der Waals surface area (Å²) < 4.78 is 28.2. The van der Waals surface area contributed by atoms with Gasteiger partial charge in [-0.2, -0.15) is 5.10 Å². The largest absolute Gasteiger partial charge is 0.504 e. The number of anilines is 1. The molecular formula is C24H19N3O5S. The average molecular weight is 461 g/mol. The molecule has 0 aliphatic carbocycles. The van der Waals surface area contributed by atoms with Gasteiger partial charge in [-0.25, -0.2) is 13.8 Å². The Labute approximate surface area is 189 Å². The van der Waals surface area contributed by atoms with Crippen LogP contribution in [0.5, 0.6) is 11.5 Å². The molecular weight excluding hydrogens is 442 g/mol. The van der Waals surface area contributed by atoms with Gasteiger partial charge in [0, 0.05) is 11.3 Å². The van der Waals surface area contributed by atoms with Crippen LogP contribution in [0, 0.1) is 0 Å². The Balaban J connectivity index is 1.47. The Bertz CT molecular complexity index is 1480. The molecule has 0 fully saturated rings. The van der Waals surface area contributed by atoms with Gasteiger partial charge >= 0.3 is 0 Å². The normalized spacial score (nSPS) is 11.5. The molecule has 0 spiro atoms. The van der Waals surface area contributed by atoms with Crippen LogP contribution in [-0.2, 0) is 10.0 Å². The Morgan fingerprint density at radius 2 is 1.61 bits per heavy atom. The van der Waals surface area contributed by atoms with Crippen LogP contribution in [0.15, 0.2) is 94.9 Å². The lowest BCUT2D eigenvalue weighted by Crippen LogP contribution is -2.18. The van der Waals surface area contributed by atoms with Crippen molar-refractivity contribution in [2.24, 2.45) is 5.10 Å². The number of rotatable bonds is 6. The van der Waals surface area contributed by atoms with Crippen LogP contribution in [0.4, 0.5) is 5.69 Å². The Morgan fingerprint density at radius 1 is 0.818 bits per heavy atom. The van der Waals surface area contributed by atoms with Crippen molar-refractivity contribution in [2.75, 3.05) is 4.72 Å². The lowest BCUT2D eigenvalue weighted by molar-refractivity contribution is 0.0955. The van der Waals surface area contributed by atoms with Gasteiger partial charge in [0.15, 0.2) is 11.5 Å². The SMILES string of the molecule is O=C(N/N=C/c1ccc(O)c(O)c1)c1cccc(NS(=O)(=O)c2ccc3ccccc3c2)c1. The summed E-state index contributed by atoms with van der Waals surface area (Å²) in [6.07, 6.45) is 1.29. The summed E-state index contributed by atoms with van der Waals surface area (Å²) in [5.74, 6) is -1.13. The number of hydrogen-bond acceptors (Lipinski definition) is 6. The fourth-order valence-electron chi connectivity index (χ4n) is 3.12. The van der Waals surface area contributed by atoms with E-state index in [4.69, 9.17) is 0 Å². The average Bonchev–Trinajstić information content (AvgIpc) is 2.81. The highest BCUT2D eigenvalue weighted by molar-refractivity contribution is 7.92. The quantitative estimate of drug-likeness (QED) is 0.197. The second-order valence-corrected chi connectivity index (χ2v) is 8.82. The number of benzene rings is 4. The lowest BCUT2D eigenvalue weighted by atomic mass is 10.1. The minimum Gasteiger partial charge on any atom is -0.504 e. The zero-order chi connectivity index (χ0) is 23.4. The molecule has 166 valence electrons. The zero-order valence-electron chi connectivity index (χ0n) is 17.1. The first kappa shape index (κ1) is 21.8. The summed E-state index contributed by atoms with van der Waals surface area (Å²) in [5.41, 5.74) is 3.21. The molecule has 0 aliphatic rings. The fraction of sp³-hybridized carbons (Fsp3) is 0. The second kappa shape index (κ2) is 9.01. The number of nitrogens with one attached hydrogen (secondary N) is 2. The molecule has 0 aromatic heterocycles. The molecule has 0 bridgehead atoms. The minimum absolute atomic E-state index is 0.109. The lowest BCUT2D eigenvalue weighted by Gasteiger charge is -2.10. The third kappa shape index (κ3) is 5.10. The first-order valence-electron chi connectivity index (χ1n) is 9.79. The molecule has 9 heteroatoms. The van der Waals surface area contributed by atoms with E-state index in [1.807, 2.05) is 24.3 Å². The van der Waals surface area contributed by atoms with E-state index in [2.05, 4.69) is 15.2 Å². The number of carbonyl (C=O) groups is 1. The van der Waals surface area contributed by atoms with E-state index in [-0.39, 0.29) is 27.6 Å². The minimum atomic E-state index is -3.86. The molecule has 1 amide bonds. The van der Waals surface area contributed by atoms with Gasteiger partial charge in [0.05, 0.1) is 11.1 Å². The monoisotopic (exact) mass is 461 g/mol. The van der Waals surface area contributed by atoms with Gasteiger partial charge in [-0.3, -0.25) is 9.52 Å². The van der Waals surface area contributed by atoms with Gasteiger partial charge in [0.25, 0.3) is 15.9 Å². The van der Waals surface area contributed by atoms with Crippen LogP contribution in [0.1, 0.15) is 15.9 Å². The molecule has 33 heavy (non-hydrogen) atoms. The van der Waals surface area contributed by atoms with E-state index in [0.29, 0.717) is 5.56 Å². The Morgan fingerprint density at radius 3 is 2.39 bits per heavy atom.